The maximum Gasteiger partial charge on any atom is 0.251 e. The Morgan fingerprint density at radius 3 is 2.28 bits per heavy atom. The standard InChI is InChI=1S/C34H39Cl2N3O6.ClH/c1-21-17-27(35)32(28(36)18-21)45-16-15-44-25-11-7-22(8-12-25)33(40)38-29-13-14-37-19-26(29)34(41)39(24-9-10-24)20-23-5-4-6-30(42-2)31(23)43-3;/h4-8,11-12,17-18,24,26,29,37H,9-10,13-16,19-20H2,1-3H3,(H,38,40);1H/t26?,29-;/m0./s1. The summed E-state index contributed by atoms with van der Waals surface area (Å²) in [6.45, 7) is 4.05. The molecule has 0 radical (unpaired) electrons. The summed E-state index contributed by atoms with van der Waals surface area (Å²) in [7, 11) is 3.21. The van der Waals surface area contributed by atoms with Gasteiger partial charge < -0.3 is 34.5 Å². The third-order valence-corrected chi connectivity index (χ3v) is 8.63. The minimum atomic E-state index is -0.391. The molecule has 1 unspecified atom stereocenters. The van der Waals surface area contributed by atoms with Crippen molar-refractivity contribution in [3.8, 4) is 23.0 Å². The van der Waals surface area contributed by atoms with E-state index in [0.29, 0.717) is 58.1 Å². The molecule has 2 fully saturated rings. The summed E-state index contributed by atoms with van der Waals surface area (Å²) in [4.78, 5) is 29.2. The molecule has 9 nitrogen and oxygen atoms in total. The molecule has 3 aromatic carbocycles. The molecule has 1 aliphatic heterocycles. The van der Waals surface area contributed by atoms with Gasteiger partial charge >= 0.3 is 0 Å². The first-order valence-electron chi connectivity index (χ1n) is 15.1. The van der Waals surface area contributed by atoms with Crippen LogP contribution >= 0.6 is 35.6 Å². The smallest absolute Gasteiger partial charge is 0.251 e. The third kappa shape index (κ3) is 8.70. The van der Waals surface area contributed by atoms with Gasteiger partial charge in [-0.2, -0.15) is 0 Å². The van der Waals surface area contributed by atoms with Gasteiger partial charge in [0.2, 0.25) is 5.91 Å². The summed E-state index contributed by atoms with van der Waals surface area (Å²) in [5.74, 6) is 1.69. The summed E-state index contributed by atoms with van der Waals surface area (Å²) in [5, 5.41) is 7.37. The molecule has 2 aliphatic rings. The minimum Gasteiger partial charge on any atom is -0.493 e. The molecule has 1 saturated heterocycles. The number of rotatable bonds is 13. The average Bonchev–Trinajstić information content (AvgIpc) is 3.88. The first kappa shape index (κ1) is 35.5. The fourth-order valence-electron chi connectivity index (χ4n) is 5.62. The normalized spacial score (nSPS) is 17.3. The molecule has 1 heterocycles. The number of carbonyl (C=O) groups excluding carboxylic acids is 2. The van der Waals surface area contributed by atoms with E-state index >= 15 is 0 Å². The van der Waals surface area contributed by atoms with Gasteiger partial charge in [-0.3, -0.25) is 9.59 Å². The number of piperidine rings is 1. The first-order chi connectivity index (χ1) is 21.8. The molecule has 2 atom stereocenters. The highest BCUT2D eigenvalue weighted by Gasteiger charge is 2.40. The van der Waals surface area contributed by atoms with Gasteiger partial charge in [-0.25, -0.2) is 0 Å². The van der Waals surface area contributed by atoms with Crippen LogP contribution in [0.3, 0.4) is 0 Å². The number of halogens is 3. The first-order valence-corrected chi connectivity index (χ1v) is 15.9. The number of nitrogens with zero attached hydrogens (tertiary/aromatic N) is 1. The van der Waals surface area contributed by atoms with Crippen LogP contribution in [0.2, 0.25) is 10.0 Å². The monoisotopic (exact) mass is 691 g/mol. The van der Waals surface area contributed by atoms with Crippen LogP contribution in [0.4, 0.5) is 0 Å². The van der Waals surface area contributed by atoms with E-state index in [0.717, 1.165) is 30.5 Å². The maximum absolute atomic E-state index is 14.0. The number of ether oxygens (including phenoxy) is 4. The van der Waals surface area contributed by atoms with E-state index in [1.54, 1.807) is 50.6 Å². The Kier molecular flexibility index (Phi) is 12.7. The molecule has 1 saturated carbocycles. The zero-order chi connectivity index (χ0) is 31.9. The predicted octanol–water partition coefficient (Wildman–Crippen LogP) is 6.10. The highest BCUT2D eigenvalue weighted by Crippen LogP contribution is 2.36. The summed E-state index contributed by atoms with van der Waals surface area (Å²) < 4.78 is 22.6. The molecule has 2 N–H and O–H groups in total. The molecular formula is C34H40Cl3N3O6. The Balaban J connectivity index is 0.00000480. The Morgan fingerprint density at radius 1 is 0.935 bits per heavy atom. The lowest BCUT2D eigenvalue weighted by Crippen LogP contribution is -2.55. The number of aryl methyl sites for hydroxylation is 1. The van der Waals surface area contributed by atoms with Crippen molar-refractivity contribution >= 4 is 47.4 Å². The topological polar surface area (TPSA) is 98.4 Å². The number of benzene rings is 3. The van der Waals surface area contributed by atoms with Gasteiger partial charge in [-0.1, -0.05) is 35.3 Å². The second-order valence-corrected chi connectivity index (χ2v) is 12.1. The number of methoxy groups -OCH3 is 2. The molecule has 3 aromatic rings. The van der Waals surface area contributed by atoms with Crippen LogP contribution < -0.4 is 29.6 Å². The number of hydrogen-bond acceptors (Lipinski definition) is 7. The van der Waals surface area contributed by atoms with Crippen molar-refractivity contribution in [1.29, 1.82) is 0 Å². The van der Waals surface area contributed by atoms with Crippen molar-refractivity contribution < 1.29 is 28.5 Å². The highest BCUT2D eigenvalue weighted by molar-refractivity contribution is 6.37. The summed E-state index contributed by atoms with van der Waals surface area (Å²) >= 11 is 12.5. The molecule has 0 bridgehead atoms. The van der Waals surface area contributed by atoms with Gasteiger partial charge in [0.1, 0.15) is 19.0 Å². The lowest BCUT2D eigenvalue weighted by atomic mass is 9.91. The maximum atomic E-state index is 14.0. The van der Waals surface area contributed by atoms with Crippen LogP contribution in [0.1, 0.15) is 40.7 Å². The predicted molar refractivity (Wildman–Crippen MR) is 181 cm³/mol. The molecule has 1 aliphatic carbocycles. The lowest BCUT2D eigenvalue weighted by Gasteiger charge is -2.36. The SMILES string of the molecule is COc1cccc(CN(C(=O)C2CNCC[C@@H]2NC(=O)c2ccc(OCCOc3c(Cl)cc(C)cc3Cl)cc2)C2CC2)c1OC.Cl. The van der Waals surface area contributed by atoms with Crippen LogP contribution in [0.5, 0.6) is 23.0 Å². The van der Waals surface area contributed by atoms with Crippen molar-refractivity contribution in [3.63, 3.8) is 0 Å². The lowest BCUT2D eigenvalue weighted by molar-refractivity contribution is -0.138. The van der Waals surface area contributed by atoms with Gasteiger partial charge in [-0.15, -0.1) is 12.4 Å². The number of amides is 2. The zero-order valence-electron chi connectivity index (χ0n) is 26.1. The molecule has 46 heavy (non-hydrogen) atoms. The van der Waals surface area contributed by atoms with Crippen molar-refractivity contribution in [3.05, 3.63) is 81.3 Å². The van der Waals surface area contributed by atoms with E-state index in [1.165, 1.54) is 0 Å². The molecule has 5 rings (SSSR count). The highest BCUT2D eigenvalue weighted by atomic mass is 35.5. The quantitative estimate of drug-likeness (QED) is 0.209. The van der Waals surface area contributed by atoms with Crippen LogP contribution in [0.15, 0.2) is 54.6 Å². The molecule has 0 spiro atoms. The Labute approximate surface area is 286 Å². The molecule has 248 valence electrons. The van der Waals surface area contributed by atoms with E-state index in [2.05, 4.69) is 10.6 Å². The Hall–Kier alpha value is -3.37. The second kappa shape index (κ2) is 16.5. The van der Waals surface area contributed by atoms with E-state index in [9.17, 15) is 9.59 Å². The van der Waals surface area contributed by atoms with Crippen molar-refractivity contribution in [2.75, 3.05) is 40.5 Å². The van der Waals surface area contributed by atoms with Crippen molar-refractivity contribution in [2.24, 2.45) is 5.92 Å². The minimum absolute atomic E-state index is 0. The third-order valence-electron chi connectivity index (χ3n) is 8.07. The summed E-state index contributed by atoms with van der Waals surface area (Å²) in [6, 6.07) is 16.1. The largest absolute Gasteiger partial charge is 0.493 e. The Morgan fingerprint density at radius 2 is 1.63 bits per heavy atom. The average molecular weight is 693 g/mol. The molecule has 0 aromatic heterocycles. The Bertz CT molecular complexity index is 1480. The molecular weight excluding hydrogens is 653 g/mol. The van der Waals surface area contributed by atoms with Gasteiger partial charge in [0, 0.05) is 36.3 Å². The van der Waals surface area contributed by atoms with E-state index < -0.39 is 5.92 Å². The van der Waals surface area contributed by atoms with Gasteiger partial charge in [0.15, 0.2) is 17.2 Å². The van der Waals surface area contributed by atoms with E-state index in [4.69, 9.17) is 42.1 Å². The number of hydrogen-bond donors (Lipinski definition) is 2. The van der Waals surface area contributed by atoms with Gasteiger partial charge in [-0.05, 0) is 80.8 Å². The van der Waals surface area contributed by atoms with Gasteiger partial charge in [0.25, 0.3) is 5.91 Å². The van der Waals surface area contributed by atoms with Crippen molar-refractivity contribution in [2.45, 2.75) is 44.8 Å². The molecule has 12 heteroatoms. The number of nitrogens with one attached hydrogen (secondary N) is 2. The van der Waals surface area contributed by atoms with Crippen LogP contribution in [-0.2, 0) is 11.3 Å². The van der Waals surface area contributed by atoms with E-state index in [-0.39, 0.29) is 49.5 Å². The number of carbonyl (C=O) groups is 2. The van der Waals surface area contributed by atoms with Crippen LogP contribution in [0.25, 0.3) is 0 Å². The number of para-hydroxylation sites is 1. The van der Waals surface area contributed by atoms with Gasteiger partial charge in [0.05, 0.1) is 30.2 Å². The fourth-order valence-corrected chi connectivity index (χ4v) is 6.33. The van der Waals surface area contributed by atoms with Crippen LogP contribution in [-0.4, -0.2) is 69.3 Å². The summed E-state index contributed by atoms with van der Waals surface area (Å²) in [5.41, 5.74) is 2.32. The second-order valence-electron chi connectivity index (χ2n) is 11.3. The zero-order valence-corrected chi connectivity index (χ0v) is 28.5. The van der Waals surface area contributed by atoms with E-state index in [1.807, 2.05) is 30.0 Å². The van der Waals surface area contributed by atoms with Crippen LogP contribution in [0, 0.1) is 12.8 Å². The molecule has 2 amide bonds. The van der Waals surface area contributed by atoms with Crippen molar-refractivity contribution in [1.82, 2.24) is 15.5 Å². The fraction of sp³-hybridized carbons (Fsp3) is 0.412. The summed E-state index contributed by atoms with van der Waals surface area (Å²) in [6.07, 6.45) is 2.58.